The Hall–Kier alpha value is -1.29. The van der Waals surface area contributed by atoms with Crippen LogP contribution in [-0.4, -0.2) is 26.2 Å². The Labute approximate surface area is 89.7 Å². The van der Waals surface area contributed by atoms with Gasteiger partial charge < -0.3 is 15.2 Å². The monoisotopic (exact) mass is 211 g/mol. The van der Waals surface area contributed by atoms with Gasteiger partial charge in [-0.15, -0.1) is 0 Å². The predicted molar refractivity (Wildman–Crippen MR) is 56.9 cm³/mol. The summed E-state index contributed by atoms with van der Waals surface area (Å²) in [5.41, 5.74) is 5.68. The molecule has 0 saturated heterocycles. The van der Waals surface area contributed by atoms with Crippen molar-refractivity contribution in [3.63, 3.8) is 0 Å². The molecule has 15 heavy (non-hydrogen) atoms. The first-order chi connectivity index (χ1) is 7.17. The van der Waals surface area contributed by atoms with Crippen molar-refractivity contribution in [1.82, 2.24) is 0 Å². The van der Waals surface area contributed by atoms with Crippen molar-refractivity contribution in [3.8, 4) is 0 Å². The summed E-state index contributed by atoms with van der Waals surface area (Å²) in [7, 11) is 2.97. The van der Waals surface area contributed by atoms with Crippen LogP contribution in [0, 0.1) is 5.92 Å². The van der Waals surface area contributed by atoms with Crippen LogP contribution in [0.1, 0.15) is 12.8 Å². The molecule has 0 amide bonds. The van der Waals surface area contributed by atoms with Crippen molar-refractivity contribution in [1.29, 1.82) is 0 Å². The van der Waals surface area contributed by atoms with E-state index in [9.17, 15) is 4.79 Å². The highest BCUT2D eigenvalue weighted by molar-refractivity contribution is 5.75. The van der Waals surface area contributed by atoms with Gasteiger partial charge in [-0.3, -0.25) is 4.79 Å². The smallest absolute Gasteiger partial charge is 0.322 e. The van der Waals surface area contributed by atoms with Gasteiger partial charge in [-0.2, -0.15) is 0 Å². The lowest BCUT2D eigenvalue weighted by atomic mass is 9.93. The zero-order valence-corrected chi connectivity index (χ0v) is 9.10. The maximum Gasteiger partial charge on any atom is 0.322 e. The first-order valence-corrected chi connectivity index (χ1v) is 4.93. The molecule has 4 nitrogen and oxygen atoms in total. The molecular formula is C11H17NO3. The van der Waals surface area contributed by atoms with Crippen LogP contribution >= 0.6 is 0 Å². The van der Waals surface area contributed by atoms with E-state index in [4.69, 9.17) is 10.5 Å². The Morgan fingerprint density at radius 1 is 1.67 bits per heavy atom. The molecule has 0 heterocycles. The lowest BCUT2D eigenvalue weighted by Crippen LogP contribution is -2.33. The Kier molecular flexibility index (Phi) is 4.37. The molecule has 2 N–H and O–H groups in total. The fourth-order valence-corrected chi connectivity index (χ4v) is 1.59. The molecule has 0 aromatic carbocycles. The lowest BCUT2D eigenvalue weighted by molar-refractivity contribution is -0.142. The number of ether oxygens (including phenoxy) is 2. The van der Waals surface area contributed by atoms with Crippen molar-refractivity contribution < 1.29 is 14.3 Å². The van der Waals surface area contributed by atoms with E-state index in [1.165, 1.54) is 7.11 Å². The van der Waals surface area contributed by atoms with Gasteiger partial charge in [0.05, 0.1) is 14.2 Å². The first-order valence-electron chi connectivity index (χ1n) is 4.93. The number of nitrogens with two attached hydrogens (primary N) is 1. The molecular weight excluding hydrogens is 194 g/mol. The van der Waals surface area contributed by atoms with Crippen LogP contribution in [0.3, 0.4) is 0 Å². The standard InChI is InChI=1S/C11H17NO3/c1-14-9-5-3-4-8(6-9)7-10(12)11(13)15-2/h3,5-6,8,10H,4,7,12H2,1-2H3. The van der Waals surface area contributed by atoms with Crippen molar-refractivity contribution in [2.75, 3.05) is 14.2 Å². The Morgan fingerprint density at radius 2 is 2.40 bits per heavy atom. The number of esters is 1. The van der Waals surface area contributed by atoms with E-state index in [1.54, 1.807) is 7.11 Å². The summed E-state index contributed by atoms with van der Waals surface area (Å²) in [5, 5.41) is 0. The SMILES string of the molecule is COC(=O)C(N)CC1C=C(OC)C=CC1. The summed E-state index contributed by atoms with van der Waals surface area (Å²) in [4.78, 5) is 11.1. The van der Waals surface area contributed by atoms with Gasteiger partial charge in [0.1, 0.15) is 11.8 Å². The molecule has 0 bridgehead atoms. The zero-order valence-electron chi connectivity index (χ0n) is 9.10. The van der Waals surface area contributed by atoms with Gasteiger partial charge >= 0.3 is 5.97 Å². The molecule has 0 radical (unpaired) electrons. The first kappa shape index (κ1) is 11.8. The fourth-order valence-electron chi connectivity index (χ4n) is 1.59. The Bertz CT molecular complexity index is 284. The number of hydrogen-bond donors (Lipinski definition) is 1. The van der Waals surface area contributed by atoms with Crippen LogP contribution in [0.2, 0.25) is 0 Å². The van der Waals surface area contributed by atoms with E-state index in [0.29, 0.717) is 6.42 Å². The van der Waals surface area contributed by atoms with Gasteiger partial charge in [-0.05, 0) is 30.9 Å². The lowest BCUT2D eigenvalue weighted by Gasteiger charge is -2.18. The van der Waals surface area contributed by atoms with Crippen LogP contribution in [0.4, 0.5) is 0 Å². The summed E-state index contributed by atoms with van der Waals surface area (Å²) in [6.07, 6.45) is 7.40. The van der Waals surface area contributed by atoms with Crippen LogP contribution in [0.15, 0.2) is 24.0 Å². The van der Waals surface area contributed by atoms with Crippen LogP contribution < -0.4 is 5.73 Å². The second-order valence-electron chi connectivity index (χ2n) is 3.54. The normalized spacial score (nSPS) is 21.8. The number of methoxy groups -OCH3 is 2. The molecule has 1 aliphatic rings. The molecule has 2 atom stereocenters. The molecule has 84 valence electrons. The molecule has 0 spiro atoms. The van der Waals surface area contributed by atoms with Gasteiger partial charge in [0.2, 0.25) is 0 Å². The third kappa shape index (κ3) is 3.40. The minimum absolute atomic E-state index is 0.249. The highest BCUT2D eigenvalue weighted by Gasteiger charge is 2.19. The van der Waals surface area contributed by atoms with E-state index in [0.717, 1.165) is 12.2 Å². The highest BCUT2D eigenvalue weighted by atomic mass is 16.5. The van der Waals surface area contributed by atoms with Gasteiger partial charge in [0.15, 0.2) is 0 Å². The second-order valence-corrected chi connectivity index (χ2v) is 3.54. The van der Waals surface area contributed by atoms with E-state index >= 15 is 0 Å². The fraction of sp³-hybridized carbons (Fsp3) is 0.545. The molecule has 4 heteroatoms. The Balaban J connectivity index is 2.49. The maximum absolute atomic E-state index is 11.1. The highest BCUT2D eigenvalue weighted by Crippen LogP contribution is 2.21. The maximum atomic E-state index is 11.1. The zero-order chi connectivity index (χ0) is 11.3. The van der Waals surface area contributed by atoms with Gasteiger partial charge in [-0.1, -0.05) is 6.08 Å². The molecule has 0 aliphatic heterocycles. The van der Waals surface area contributed by atoms with Crippen LogP contribution in [0.25, 0.3) is 0 Å². The summed E-state index contributed by atoms with van der Waals surface area (Å²) in [6, 6.07) is -0.555. The molecule has 0 fully saturated rings. The minimum atomic E-state index is -0.555. The topological polar surface area (TPSA) is 61.5 Å². The minimum Gasteiger partial charge on any atom is -0.497 e. The van der Waals surface area contributed by atoms with Gasteiger partial charge in [0, 0.05) is 0 Å². The third-order valence-corrected chi connectivity index (χ3v) is 2.42. The van der Waals surface area contributed by atoms with E-state index in [2.05, 4.69) is 4.74 Å². The predicted octanol–water partition coefficient (Wildman–Crippen LogP) is 0.983. The van der Waals surface area contributed by atoms with Gasteiger partial charge in [0.25, 0.3) is 0 Å². The van der Waals surface area contributed by atoms with Crippen molar-refractivity contribution in [2.24, 2.45) is 11.7 Å². The quantitative estimate of drug-likeness (QED) is 0.704. The number of hydrogen-bond acceptors (Lipinski definition) is 4. The van der Waals surface area contributed by atoms with Gasteiger partial charge in [-0.25, -0.2) is 0 Å². The second kappa shape index (κ2) is 5.56. The summed E-state index contributed by atoms with van der Waals surface area (Å²) in [5.74, 6) is 0.708. The number of carbonyl (C=O) groups is 1. The number of allylic oxidation sites excluding steroid dienone is 3. The molecule has 0 aromatic rings. The van der Waals surface area contributed by atoms with Crippen molar-refractivity contribution in [2.45, 2.75) is 18.9 Å². The summed E-state index contributed by atoms with van der Waals surface area (Å²) in [6.45, 7) is 0. The number of rotatable bonds is 4. The van der Waals surface area contributed by atoms with Crippen molar-refractivity contribution in [3.05, 3.63) is 24.0 Å². The molecule has 2 unspecified atom stereocenters. The molecule has 0 saturated carbocycles. The van der Waals surface area contributed by atoms with Crippen LogP contribution in [0.5, 0.6) is 0 Å². The largest absolute Gasteiger partial charge is 0.497 e. The van der Waals surface area contributed by atoms with E-state index in [1.807, 2.05) is 18.2 Å². The summed E-state index contributed by atoms with van der Waals surface area (Å²) < 4.78 is 9.68. The third-order valence-electron chi connectivity index (χ3n) is 2.42. The average molecular weight is 211 g/mol. The van der Waals surface area contributed by atoms with E-state index < -0.39 is 6.04 Å². The number of carbonyl (C=O) groups excluding carboxylic acids is 1. The Morgan fingerprint density at radius 3 is 3.00 bits per heavy atom. The summed E-state index contributed by atoms with van der Waals surface area (Å²) >= 11 is 0. The average Bonchev–Trinajstić information content (AvgIpc) is 2.28. The van der Waals surface area contributed by atoms with E-state index in [-0.39, 0.29) is 11.9 Å². The molecule has 1 aliphatic carbocycles. The molecule has 0 aromatic heterocycles. The van der Waals surface area contributed by atoms with Crippen molar-refractivity contribution >= 4 is 5.97 Å². The van der Waals surface area contributed by atoms with Crippen LogP contribution in [-0.2, 0) is 14.3 Å². The molecule has 1 rings (SSSR count).